The minimum absolute atomic E-state index is 0.434. The first-order valence-corrected chi connectivity index (χ1v) is 7.89. The van der Waals surface area contributed by atoms with Crippen molar-refractivity contribution in [2.75, 3.05) is 18.4 Å². The molecule has 0 amide bonds. The molecule has 1 saturated carbocycles. The first kappa shape index (κ1) is 15.2. The van der Waals surface area contributed by atoms with E-state index in [-0.39, 0.29) is 0 Å². The molecule has 1 aromatic rings. The van der Waals surface area contributed by atoms with Crippen molar-refractivity contribution in [3.8, 4) is 0 Å². The second-order valence-corrected chi connectivity index (χ2v) is 6.33. The Hall–Kier alpha value is -1.16. The van der Waals surface area contributed by atoms with E-state index in [1.807, 2.05) is 6.92 Å². The molecule has 1 fully saturated rings. The molecule has 1 aliphatic carbocycles. The van der Waals surface area contributed by atoms with E-state index in [1.165, 1.54) is 25.7 Å². The van der Waals surface area contributed by atoms with E-state index < -0.39 is 0 Å². The Kier molecular flexibility index (Phi) is 5.35. The van der Waals surface area contributed by atoms with Crippen LogP contribution in [-0.4, -0.2) is 23.1 Å². The van der Waals surface area contributed by atoms with Gasteiger partial charge < -0.3 is 11.1 Å². The summed E-state index contributed by atoms with van der Waals surface area (Å²) in [4.78, 5) is 9.11. The van der Waals surface area contributed by atoms with Crippen LogP contribution in [0.25, 0.3) is 0 Å². The van der Waals surface area contributed by atoms with Crippen LogP contribution in [0.5, 0.6) is 0 Å². The molecule has 1 aliphatic rings. The van der Waals surface area contributed by atoms with Crippen molar-refractivity contribution in [2.45, 2.75) is 52.4 Å². The Morgan fingerprint density at radius 3 is 2.60 bits per heavy atom. The van der Waals surface area contributed by atoms with Gasteiger partial charge in [-0.25, -0.2) is 9.97 Å². The molecule has 1 aromatic heterocycles. The maximum absolute atomic E-state index is 5.89. The molecule has 0 saturated heterocycles. The minimum Gasteiger partial charge on any atom is -0.354 e. The lowest BCUT2D eigenvalue weighted by Gasteiger charge is -2.30. The number of rotatable bonds is 5. The average Bonchev–Trinajstić information content (AvgIpc) is 2.44. The zero-order valence-electron chi connectivity index (χ0n) is 13.0. The topological polar surface area (TPSA) is 63.8 Å². The molecule has 2 rings (SSSR count). The molecule has 0 aromatic carbocycles. The number of anilines is 1. The lowest BCUT2D eigenvalue weighted by Crippen LogP contribution is -2.31. The molecule has 4 nitrogen and oxygen atoms in total. The van der Waals surface area contributed by atoms with Crippen molar-refractivity contribution in [3.05, 3.63) is 17.5 Å². The highest BCUT2D eigenvalue weighted by atomic mass is 15.1. The highest BCUT2D eigenvalue weighted by Crippen LogP contribution is 2.29. The van der Waals surface area contributed by atoms with Crippen molar-refractivity contribution in [1.82, 2.24) is 9.97 Å². The Morgan fingerprint density at radius 1 is 1.25 bits per heavy atom. The van der Waals surface area contributed by atoms with Crippen LogP contribution in [0, 0.1) is 18.8 Å². The summed E-state index contributed by atoms with van der Waals surface area (Å²) in [6, 6.07) is 2.07. The van der Waals surface area contributed by atoms with Crippen molar-refractivity contribution >= 4 is 5.95 Å². The van der Waals surface area contributed by atoms with Crippen LogP contribution in [0.1, 0.15) is 56.8 Å². The number of hydrogen-bond donors (Lipinski definition) is 2. The molecule has 3 N–H and O–H groups in total. The van der Waals surface area contributed by atoms with E-state index >= 15 is 0 Å². The standard InChI is InChI=1S/C16H28N4/c1-11(2)15-8-12(3)19-16(20-15)18-10-14-7-5-4-6-13(14)9-17/h8,11,13-14H,4-7,9-10,17H2,1-3H3,(H,18,19,20). The number of aryl methyl sites for hydroxylation is 1. The summed E-state index contributed by atoms with van der Waals surface area (Å²) in [6.07, 6.45) is 5.21. The van der Waals surface area contributed by atoms with Crippen molar-refractivity contribution < 1.29 is 0 Å². The van der Waals surface area contributed by atoms with Crippen molar-refractivity contribution in [3.63, 3.8) is 0 Å². The smallest absolute Gasteiger partial charge is 0.223 e. The Bertz CT molecular complexity index is 430. The molecular formula is C16H28N4. The molecule has 4 heteroatoms. The van der Waals surface area contributed by atoms with E-state index in [0.717, 1.165) is 30.4 Å². The van der Waals surface area contributed by atoms with Gasteiger partial charge in [0, 0.05) is 17.9 Å². The molecule has 2 unspecified atom stereocenters. The molecule has 0 radical (unpaired) electrons. The fraction of sp³-hybridized carbons (Fsp3) is 0.750. The van der Waals surface area contributed by atoms with Crippen LogP contribution in [0.4, 0.5) is 5.95 Å². The monoisotopic (exact) mass is 276 g/mol. The average molecular weight is 276 g/mol. The molecule has 0 aliphatic heterocycles. The van der Waals surface area contributed by atoms with Crippen LogP contribution >= 0.6 is 0 Å². The largest absolute Gasteiger partial charge is 0.354 e. The van der Waals surface area contributed by atoms with Crippen LogP contribution < -0.4 is 11.1 Å². The maximum atomic E-state index is 5.89. The van der Waals surface area contributed by atoms with Gasteiger partial charge in [-0.15, -0.1) is 0 Å². The number of nitrogens with zero attached hydrogens (tertiary/aromatic N) is 2. The first-order valence-electron chi connectivity index (χ1n) is 7.89. The van der Waals surface area contributed by atoms with E-state index in [9.17, 15) is 0 Å². The zero-order valence-corrected chi connectivity index (χ0v) is 13.0. The summed E-state index contributed by atoms with van der Waals surface area (Å²) in [5.41, 5.74) is 8.03. The number of hydrogen-bond acceptors (Lipinski definition) is 4. The lowest BCUT2D eigenvalue weighted by molar-refractivity contribution is 0.255. The van der Waals surface area contributed by atoms with Crippen molar-refractivity contribution in [2.24, 2.45) is 17.6 Å². The summed E-state index contributed by atoms with van der Waals surface area (Å²) in [6.45, 7) is 8.11. The zero-order chi connectivity index (χ0) is 14.5. The van der Waals surface area contributed by atoms with Crippen LogP contribution in [0.3, 0.4) is 0 Å². The number of nitrogens with one attached hydrogen (secondary N) is 1. The van der Waals surface area contributed by atoms with Gasteiger partial charge in [-0.05, 0) is 50.1 Å². The highest BCUT2D eigenvalue weighted by Gasteiger charge is 2.23. The molecule has 2 atom stereocenters. The van der Waals surface area contributed by atoms with Gasteiger partial charge in [0.1, 0.15) is 0 Å². The Labute approximate surface area is 122 Å². The highest BCUT2D eigenvalue weighted by molar-refractivity contribution is 5.29. The van der Waals surface area contributed by atoms with E-state index in [0.29, 0.717) is 17.8 Å². The quantitative estimate of drug-likeness (QED) is 0.867. The first-order chi connectivity index (χ1) is 9.60. The molecule has 112 valence electrons. The van der Waals surface area contributed by atoms with Crippen LogP contribution in [0.15, 0.2) is 6.07 Å². The van der Waals surface area contributed by atoms with E-state index in [4.69, 9.17) is 5.73 Å². The van der Waals surface area contributed by atoms with Gasteiger partial charge in [-0.1, -0.05) is 26.7 Å². The third-order valence-corrected chi connectivity index (χ3v) is 4.36. The Morgan fingerprint density at radius 2 is 1.95 bits per heavy atom. The van der Waals surface area contributed by atoms with Gasteiger partial charge in [0.2, 0.25) is 5.95 Å². The predicted octanol–water partition coefficient (Wildman–Crippen LogP) is 3.09. The predicted molar refractivity (Wildman–Crippen MR) is 83.9 cm³/mol. The minimum atomic E-state index is 0.434. The SMILES string of the molecule is Cc1cc(C(C)C)nc(NCC2CCCCC2CN)n1. The van der Waals surface area contributed by atoms with Gasteiger partial charge in [-0.2, -0.15) is 0 Å². The molecule has 1 heterocycles. The van der Waals surface area contributed by atoms with E-state index in [2.05, 4.69) is 35.2 Å². The van der Waals surface area contributed by atoms with Gasteiger partial charge in [0.05, 0.1) is 0 Å². The summed E-state index contributed by atoms with van der Waals surface area (Å²) in [7, 11) is 0. The van der Waals surface area contributed by atoms with Crippen LogP contribution in [0.2, 0.25) is 0 Å². The summed E-state index contributed by atoms with van der Waals surface area (Å²) in [5, 5.41) is 3.44. The number of nitrogens with two attached hydrogens (primary N) is 1. The van der Waals surface area contributed by atoms with Gasteiger partial charge >= 0.3 is 0 Å². The third kappa shape index (κ3) is 3.92. The van der Waals surface area contributed by atoms with Crippen LogP contribution in [-0.2, 0) is 0 Å². The third-order valence-electron chi connectivity index (χ3n) is 4.36. The van der Waals surface area contributed by atoms with E-state index in [1.54, 1.807) is 0 Å². The van der Waals surface area contributed by atoms with Gasteiger partial charge in [0.25, 0.3) is 0 Å². The second kappa shape index (κ2) is 7.02. The maximum Gasteiger partial charge on any atom is 0.223 e. The summed E-state index contributed by atoms with van der Waals surface area (Å²) >= 11 is 0. The number of aromatic nitrogens is 2. The van der Waals surface area contributed by atoms with Gasteiger partial charge in [0.15, 0.2) is 0 Å². The summed E-state index contributed by atoms with van der Waals surface area (Å²) in [5.74, 6) is 2.53. The van der Waals surface area contributed by atoms with Gasteiger partial charge in [-0.3, -0.25) is 0 Å². The molecule has 20 heavy (non-hydrogen) atoms. The normalized spacial score (nSPS) is 23.1. The van der Waals surface area contributed by atoms with Crippen molar-refractivity contribution in [1.29, 1.82) is 0 Å². The molecule has 0 spiro atoms. The molecular weight excluding hydrogens is 248 g/mol. The fourth-order valence-electron chi connectivity index (χ4n) is 3.05. The molecule has 0 bridgehead atoms. The fourth-order valence-corrected chi connectivity index (χ4v) is 3.05. The lowest BCUT2D eigenvalue weighted by atomic mass is 9.79. The summed E-state index contributed by atoms with van der Waals surface area (Å²) < 4.78 is 0. The Balaban J connectivity index is 1.99. The second-order valence-electron chi connectivity index (χ2n) is 6.33.